The Morgan fingerprint density at radius 1 is 1.40 bits per heavy atom. The van der Waals surface area contributed by atoms with Crippen LogP contribution in [0, 0.1) is 12.8 Å². The number of carbonyl (C=O) groups is 1. The number of carbonyl (C=O) groups excluding carboxylic acids is 1. The molecule has 1 amide bonds. The third-order valence-corrected chi connectivity index (χ3v) is 3.70. The molecule has 0 radical (unpaired) electrons. The van der Waals surface area contributed by atoms with Crippen LogP contribution in [0.15, 0.2) is 23.4 Å². The number of hydrogen-bond donors (Lipinski definition) is 3. The molecular formula is C14H19N3O3. The first kappa shape index (κ1) is 14.2. The number of phenolic OH excluding ortho intramolecular Hbond substituents is 1. The largest absolute Gasteiger partial charge is 0.507 e. The van der Waals surface area contributed by atoms with Crippen molar-refractivity contribution in [2.45, 2.75) is 19.8 Å². The number of nitrogens with two attached hydrogens (primary N) is 1. The topological polar surface area (TPSA) is 99.2 Å². The molecule has 0 spiro atoms. The fourth-order valence-electron chi connectivity index (χ4n) is 2.45. The first-order valence-corrected chi connectivity index (χ1v) is 6.59. The minimum atomic E-state index is -0.180. The first-order chi connectivity index (χ1) is 9.52. The van der Waals surface area contributed by atoms with Gasteiger partial charge >= 0.3 is 0 Å². The molecule has 1 aromatic carbocycles. The predicted molar refractivity (Wildman–Crippen MR) is 74.9 cm³/mol. The molecule has 0 aliphatic carbocycles. The van der Waals surface area contributed by atoms with Crippen molar-refractivity contribution in [1.29, 1.82) is 0 Å². The molecule has 4 N–H and O–H groups in total. The zero-order valence-corrected chi connectivity index (χ0v) is 11.4. The number of benzene rings is 1. The molecule has 20 heavy (non-hydrogen) atoms. The summed E-state index contributed by atoms with van der Waals surface area (Å²) in [5.41, 5.74) is 6.80. The summed E-state index contributed by atoms with van der Waals surface area (Å²) in [5.74, 6) is 0.0555. The smallest absolute Gasteiger partial charge is 0.257 e. The van der Waals surface area contributed by atoms with E-state index in [0.717, 1.165) is 5.56 Å². The number of amides is 1. The highest BCUT2D eigenvalue weighted by molar-refractivity contribution is 5.97. The molecule has 0 aromatic heterocycles. The Hall–Kier alpha value is -2.24. The van der Waals surface area contributed by atoms with Gasteiger partial charge in [-0.05, 0) is 37.5 Å². The number of aromatic hydroxyl groups is 1. The predicted octanol–water partition coefficient (Wildman–Crippen LogP) is 1.30. The van der Waals surface area contributed by atoms with Crippen molar-refractivity contribution in [2.24, 2.45) is 16.8 Å². The molecule has 1 aliphatic rings. The first-order valence-electron chi connectivity index (χ1n) is 6.59. The minimum Gasteiger partial charge on any atom is -0.507 e. The van der Waals surface area contributed by atoms with Gasteiger partial charge in [0.1, 0.15) is 11.6 Å². The lowest BCUT2D eigenvalue weighted by atomic mass is 9.95. The molecule has 0 atom stereocenters. The Balaban J connectivity index is 2.05. The molecule has 2 rings (SSSR count). The van der Waals surface area contributed by atoms with Gasteiger partial charge in [0.15, 0.2) is 0 Å². The van der Waals surface area contributed by atoms with Crippen molar-refractivity contribution in [3.8, 4) is 5.75 Å². The molecule has 0 unspecified atom stereocenters. The van der Waals surface area contributed by atoms with Crippen molar-refractivity contribution in [2.75, 3.05) is 13.1 Å². The van der Waals surface area contributed by atoms with Crippen LogP contribution in [-0.4, -0.2) is 40.0 Å². The van der Waals surface area contributed by atoms with Gasteiger partial charge in [-0.1, -0.05) is 11.2 Å². The van der Waals surface area contributed by atoms with E-state index in [0.29, 0.717) is 31.5 Å². The van der Waals surface area contributed by atoms with E-state index in [9.17, 15) is 9.90 Å². The standard InChI is InChI=1S/C14H19N3O3/c1-9-2-3-11(12(18)8-9)14(19)17-6-4-10(5-7-17)13(15)16-20/h2-3,8,10,18,20H,4-7H2,1H3,(H2,15,16). The molecule has 108 valence electrons. The molecule has 6 nitrogen and oxygen atoms in total. The van der Waals surface area contributed by atoms with E-state index in [-0.39, 0.29) is 23.4 Å². The van der Waals surface area contributed by atoms with Gasteiger partial charge < -0.3 is 20.9 Å². The van der Waals surface area contributed by atoms with Crippen LogP contribution in [-0.2, 0) is 0 Å². The van der Waals surface area contributed by atoms with E-state index < -0.39 is 0 Å². The van der Waals surface area contributed by atoms with E-state index in [1.807, 2.05) is 6.92 Å². The van der Waals surface area contributed by atoms with Crippen molar-refractivity contribution < 1.29 is 15.1 Å². The fraction of sp³-hybridized carbons (Fsp3) is 0.429. The second-order valence-corrected chi connectivity index (χ2v) is 5.11. The summed E-state index contributed by atoms with van der Waals surface area (Å²) in [4.78, 5) is 14.0. The second-order valence-electron chi connectivity index (χ2n) is 5.11. The summed E-state index contributed by atoms with van der Waals surface area (Å²) in [5, 5.41) is 21.5. The number of likely N-dealkylation sites (tertiary alicyclic amines) is 1. The third-order valence-electron chi connectivity index (χ3n) is 3.70. The van der Waals surface area contributed by atoms with E-state index in [2.05, 4.69) is 5.16 Å². The zero-order valence-electron chi connectivity index (χ0n) is 11.4. The highest BCUT2D eigenvalue weighted by Gasteiger charge is 2.26. The SMILES string of the molecule is Cc1ccc(C(=O)N2CCC(C(N)=NO)CC2)c(O)c1. The van der Waals surface area contributed by atoms with Gasteiger partial charge in [-0.2, -0.15) is 0 Å². The molecule has 1 heterocycles. The van der Waals surface area contributed by atoms with Gasteiger partial charge in [0.25, 0.3) is 5.91 Å². The van der Waals surface area contributed by atoms with E-state index in [1.54, 1.807) is 23.1 Å². The molecule has 1 fully saturated rings. The summed E-state index contributed by atoms with van der Waals surface area (Å²) in [7, 11) is 0. The van der Waals surface area contributed by atoms with Crippen molar-refractivity contribution >= 4 is 11.7 Å². The zero-order chi connectivity index (χ0) is 14.7. The number of phenols is 1. The monoisotopic (exact) mass is 277 g/mol. The Bertz CT molecular complexity index is 534. The lowest BCUT2D eigenvalue weighted by Gasteiger charge is -2.31. The van der Waals surface area contributed by atoms with Crippen LogP contribution in [0.1, 0.15) is 28.8 Å². The number of nitrogens with zero attached hydrogens (tertiary/aromatic N) is 2. The van der Waals surface area contributed by atoms with Crippen LogP contribution in [0.25, 0.3) is 0 Å². The Labute approximate surface area is 117 Å². The molecule has 0 bridgehead atoms. The highest BCUT2D eigenvalue weighted by atomic mass is 16.4. The van der Waals surface area contributed by atoms with Crippen molar-refractivity contribution in [1.82, 2.24) is 4.90 Å². The second kappa shape index (κ2) is 5.81. The third kappa shape index (κ3) is 2.84. The van der Waals surface area contributed by atoms with Gasteiger partial charge in [-0.3, -0.25) is 4.79 Å². The van der Waals surface area contributed by atoms with E-state index in [4.69, 9.17) is 10.9 Å². The maximum Gasteiger partial charge on any atom is 0.257 e. The number of piperidine rings is 1. The summed E-state index contributed by atoms with van der Waals surface area (Å²) in [6, 6.07) is 5.02. The minimum absolute atomic E-state index is 0.00792. The highest BCUT2D eigenvalue weighted by Crippen LogP contribution is 2.24. The number of oxime groups is 1. The maximum absolute atomic E-state index is 12.3. The normalized spacial score (nSPS) is 17.2. The van der Waals surface area contributed by atoms with E-state index in [1.165, 1.54) is 0 Å². The summed E-state index contributed by atoms with van der Waals surface area (Å²) in [6.07, 6.45) is 1.32. The quantitative estimate of drug-likeness (QED) is 0.328. The van der Waals surface area contributed by atoms with E-state index >= 15 is 0 Å². The van der Waals surface area contributed by atoms with Crippen LogP contribution < -0.4 is 5.73 Å². The average molecular weight is 277 g/mol. The molecule has 1 aliphatic heterocycles. The van der Waals surface area contributed by atoms with Gasteiger partial charge in [0.05, 0.1) is 5.56 Å². The average Bonchev–Trinajstić information content (AvgIpc) is 2.46. The van der Waals surface area contributed by atoms with Gasteiger partial charge in [0, 0.05) is 19.0 Å². The Morgan fingerprint density at radius 3 is 2.60 bits per heavy atom. The van der Waals surface area contributed by atoms with Crippen molar-refractivity contribution in [3.05, 3.63) is 29.3 Å². The fourth-order valence-corrected chi connectivity index (χ4v) is 2.45. The summed E-state index contributed by atoms with van der Waals surface area (Å²) >= 11 is 0. The van der Waals surface area contributed by atoms with Crippen LogP contribution in [0.2, 0.25) is 0 Å². The molecule has 0 saturated carbocycles. The number of hydrogen-bond acceptors (Lipinski definition) is 4. The van der Waals surface area contributed by atoms with Gasteiger partial charge in [-0.15, -0.1) is 0 Å². The Morgan fingerprint density at radius 2 is 2.05 bits per heavy atom. The molecular weight excluding hydrogens is 258 g/mol. The summed E-state index contributed by atoms with van der Waals surface area (Å²) < 4.78 is 0. The molecule has 6 heteroatoms. The Kier molecular flexibility index (Phi) is 4.12. The van der Waals surface area contributed by atoms with Crippen LogP contribution >= 0.6 is 0 Å². The van der Waals surface area contributed by atoms with Gasteiger partial charge in [-0.25, -0.2) is 0 Å². The molecule has 1 aromatic rings. The van der Waals surface area contributed by atoms with Crippen molar-refractivity contribution in [3.63, 3.8) is 0 Å². The summed E-state index contributed by atoms with van der Waals surface area (Å²) in [6.45, 7) is 2.93. The van der Waals surface area contributed by atoms with Crippen LogP contribution in [0.4, 0.5) is 0 Å². The van der Waals surface area contributed by atoms with Crippen LogP contribution in [0.5, 0.6) is 5.75 Å². The maximum atomic E-state index is 12.3. The number of aryl methyl sites for hydroxylation is 1. The lowest BCUT2D eigenvalue weighted by Crippen LogP contribution is -2.41. The molecule has 1 saturated heterocycles. The lowest BCUT2D eigenvalue weighted by molar-refractivity contribution is 0.0706. The van der Waals surface area contributed by atoms with Crippen LogP contribution in [0.3, 0.4) is 0 Å². The number of amidine groups is 1. The van der Waals surface area contributed by atoms with Gasteiger partial charge in [0.2, 0.25) is 0 Å². The number of rotatable bonds is 2.